The van der Waals surface area contributed by atoms with Crippen LogP contribution < -0.4 is 4.74 Å². The number of amides is 1. The lowest BCUT2D eigenvalue weighted by atomic mass is 10.0. The summed E-state index contributed by atoms with van der Waals surface area (Å²) in [5.74, 6) is -0.868. The maximum atomic E-state index is 13.1. The average Bonchev–Trinajstić information content (AvgIpc) is 2.78. The van der Waals surface area contributed by atoms with Crippen molar-refractivity contribution >= 4 is 23.5 Å². The van der Waals surface area contributed by atoms with Crippen molar-refractivity contribution in [1.29, 1.82) is 0 Å². The number of hydrogen-bond donors (Lipinski definition) is 1. The largest absolute Gasteiger partial charge is 0.483 e. The zero-order valence-corrected chi connectivity index (χ0v) is 18.9. The molecule has 3 rings (SSSR count). The summed E-state index contributed by atoms with van der Waals surface area (Å²) in [5.41, 5.74) is 3.17. The maximum Gasteiger partial charge on any atom is 0.339 e. The monoisotopic (exact) mass is 451 g/mol. The van der Waals surface area contributed by atoms with Crippen LogP contribution >= 0.6 is 11.6 Å². The van der Waals surface area contributed by atoms with Gasteiger partial charge in [-0.05, 0) is 40.8 Å². The summed E-state index contributed by atoms with van der Waals surface area (Å²) in [4.78, 5) is 26.3. The molecule has 0 spiro atoms. The normalized spacial score (nSPS) is 10.8. The van der Waals surface area contributed by atoms with Gasteiger partial charge in [-0.15, -0.1) is 0 Å². The van der Waals surface area contributed by atoms with E-state index in [0.29, 0.717) is 19.0 Å². The molecule has 0 radical (unpaired) electrons. The molecule has 5 nitrogen and oxygen atoms in total. The summed E-state index contributed by atoms with van der Waals surface area (Å²) in [5, 5.41) is 9.67. The molecule has 0 aliphatic rings. The molecule has 1 N–H and O–H groups in total. The molecule has 3 aromatic rings. The van der Waals surface area contributed by atoms with E-state index in [0.717, 1.165) is 11.1 Å². The molecule has 0 aliphatic heterocycles. The zero-order chi connectivity index (χ0) is 23.1. The fourth-order valence-electron chi connectivity index (χ4n) is 3.29. The smallest absolute Gasteiger partial charge is 0.339 e. The van der Waals surface area contributed by atoms with Gasteiger partial charge < -0.3 is 14.7 Å². The zero-order valence-electron chi connectivity index (χ0n) is 18.1. The van der Waals surface area contributed by atoms with Gasteiger partial charge in [-0.1, -0.05) is 80.0 Å². The summed E-state index contributed by atoms with van der Waals surface area (Å²) in [6.07, 6.45) is 0. The van der Waals surface area contributed by atoms with Crippen LogP contribution in [0.15, 0.2) is 72.8 Å². The molecule has 0 heterocycles. The molecular formula is C26H26ClNO4. The molecule has 0 aliphatic carbocycles. The Morgan fingerprint density at radius 2 is 1.56 bits per heavy atom. The summed E-state index contributed by atoms with van der Waals surface area (Å²) in [7, 11) is 0. The predicted octanol–water partition coefficient (Wildman–Crippen LogP) is 5.77. The second kappa shape index (κ2) is 10.8. The molecule has 0 saturated heterocycles. The van der Waals surface area contributed by atoms with Crippen LogP contribution in [0.3, 0.4) is 0 Å². The van der Waals surface area contributed by atoms with E-state index in [2.05, 4.69) is 26.0 Å². The molecule has 3 aromatic carbocycles. The highest BCUT2D eigenvalue weighted by molar-refractivity contribution is 6.31. The van der Waals surface area contributed by atoms with Crippen molar-refractivity contribution in [3.05, 3.63) is 100 Å². The van der Waals surface area contributed by atoms with Gasteiger partial charge in [0.05, 0.1) is 0 Å². The Morgan fingerprint density at radius 3 is 2.16 bits per heavy atom. The molecule has 0 bridgehead atoms. The van der Waals surface area contributed by atoms with Crippen molar-refractivity contribution in [3.8, 4) is 5.75 Å². The van der Waals surface area contributed by atoms with Crippen molar-refractivity contribution in [2.45, 2.75) is 32.9 Å². The van der Waals surface area contributed by atoms with Crippen LogP contribution in [0.25, 0.3) is 0 Å². The SMILES string of the molecule is CC(C)c1ccc(CN(Cc2ccccc2)C(=O)COc2ccc(Cl)cc2C(=O)O)cc1. The first kappa shape index (κ1) is 23.4. The first-order valence-electron chi connectivity index (χ1n) is 10.4. The molecule has 166 valence electrons. The van der Waals surface area contributed by atoms with Crippen molar-refractivity contribution in [3.63, 3.8) is 0 Å². The summed E-state index contributed by atoms with van der Waals surface area (Å²) in [6, 6.07) is 22.2. The lowest BCUT2D eigenvalue weighted by Gasteiger charge is -2.24. The number of halogens is 1. The molecule has 6 heteroatoms. The number of carboxylic acids is 1. The Bertz CT molecular complexity index is 1060. The quantitative estimate of drug-likeness (QED) is 0.448. The lowest BCUT2D eigenvalue weighted by molar-refractivity contribution is -0.134. The third kappa shape index (κ3) is 6.34. The number of benzene rings is 3. The van der Waals surface area contributed by atoms with Gasteiger partial charge in [-0.25, -0.2) is 4.79 Å². The van der Waals surface area contributed by atoms with E-state index in [-0.39, 0.29) is 28.8 Å². The van der Waals surface area contributed by atoms with Crippen LogP contribution in [0.1, 0.15) is 46.8 Å². The fourth-order valence-corrected chi connectivity index (χ4v) is 3.46. The second-order valence-electron chi connectivity index (χ2n) is 7.87. The van der Waals surface area contributed by atoms with Gasteiger partial charge in [0.15, 0.2) is 6.61 Å². The second-order valence-corrected chi connectivity index (χ2v) is 8.30. The highest BCUT2D eigenvalue weighted by Gasteiger charge is 2.18. The predicted molar refractivity (Wildman–Crippen MR) is 125 cm³/mol. The number of carbonyl (C=O) groups is 2. The molecule has 0 fully saturated rings. The van der Waals surface area contributed by atoms with Gasteiger partial charge in [0.2, 0.25) is 0 Å². The van der Waals surface area contributed by atoms with Gasteiger partial charge in [-0.3, -0.25) is 4.79 Å². The van der Waals surface area contributed by atoms with Crippen LogP contribution in [0, 0.1) is 0 Å². The lowest BCUT2D eigenvalue weighted by Crippen LogP contribution is -2.34. The Labute approximate surface area is 193 Å². The number of hydrogen-bond acceptors (Lipinski definition) is 3. The van der Waals surface area contributed by atoms with E-state index in [4.69, 9.17) is 16.3 Å². The minimum atomic E-state index is -1.17. The van der Waals surface area contributed by atoms with Crippen molar-refractivity contribution in [1.82, 2.24) is 4.90 Å². The first-order chi connectivity index (χ1) is 15.3. The molecule has 0 aromatic heterocycles. The van der Waals surface area contributed by atoms with Gasteiger partial charge in [0, 0.05) is 18.1 Å². The molecule has 0 atom stereocenters. The molecular weight excluding hydrogens is 426 g/mol. The molecule has 0 saturated carbocycles. The van der Waals surface area contributed by atoms with Gasteiger partial charge >= 0.3 is 5.97 Å². The molecule has 1 amide bonds. The van der Waals surface area contributed by atoms with Crippen LogP contribution in [0.4, 0.5) is 0 Å². The Hall–Kier alpha value is -3.31. The van der Waals surface area contributed by atoms with E-state index in [1.807, 2.05) is 42.5 Å². The van der Waals surface area contributed by atoms with E-state index in [1.54, 1.807) is 4.90 Å². The Kier molecular flexibility index (Phi) is 7.90. The van der Waals surface area contributed by atoms with Crippen LogP contribution in [-0.4, -0.2) is 28.5 Å². The molecule has 0 unspecified atom stereocenters. The van der Waals surface area contributed by atoms with E-state index >= 15 is 0 Å². The van der Waals surface area contributed by atoms with Crippen molar-refractivity contribution in [2.75, 3.05) is 6.61 Å². The number of rotatable bonds is 9. The van der Waals surface area contributed by atoms with Gasteiger partial charge in [0.25, 0.3) is 5.91 Å². The van der Waals surface area contributed by atoms with E-state index in [1.165, 1.54) is 23.8 Å². The minimum Gasteiger partial charge on any atom is -0.483 e. The maximum absolute atomic E-state index is 13.1. The first-order valence-corrected chi connectivity index (χ1v) is 10.8. The number of ether oxygens (including phenoxy) is 1. The highest BCUT2D eigenvalue weighted by Crippen LogP contribution is 2.23. The average molecular weight is 452 g/mol. The number of carboxylic acid groups (broad SMARTS) is 1. The van der Waals surface area contributed by atoms with Crippen LogP contribution in [-0.2, 0) is 17.9 Å². The van der Waals surface area contributed by atoms with Gasteiger partial charge in [-0.2, -0.15) is 0 Å². The fraction of sp³-hybridized carbons (Fsp3) is 0.231. The van der Waals surface area contributed by atoms with Crippen molar-refractivity contribution < 1.29 is 19.4 Å². The molecule has 32 heavy (non-hydrogen) atoms. The van der Waals surface area contributed by atoms with Gasteiger partial charge in [0.1, 0.15) is 11.3 Å². The van der Waals surface area contributed by atoms with Crippen LogP contribution in [0.2, 0.25) is 5.02 Å². The Morgan fingerprint density at radius 1 is 0.938 bits per heavy atom. The van der Waals surface area contributed by atoms with E-state index < -0.39 is 5.97 Å². The standard InChI is InChI=1S/C26H26ClNO4/c1-18(2)21-10-8-20(9-11-21)16-28(15-19-6-4-3-5-7-19)25(29)17-32-24-13-12-22(27)14-23(24)26(30)31/h3-14,18H,15-17H2,1-2H3,(H,30,31). The topological polar surface area (TPSA) is 66.8 Å². The minimum absolute atomic E-state index is 0.0795. The summed E-state index contributed by atoms with van der Waals surface area (Å²) < 4.78 is 5.59. The van der Waals surface area contributed by atoms with Crippen molar-refractivity contribution in [2.24, 2.45) is 0 Å². The summed E-state index contributed by atoms with van der Waals surface area (Å²) >= 11 is 5.89. The van der Waals surface area contributed by atoms with E-state index in [9.17, 15) is 14.7 Å². The highest BCUT2D eigenvalue weighted by atomic mass is 35.5. The summed E-state index contributed by atoms with van der Waals surface area (Å²) in [6.45, 7) is 4.83. The van der Waals surface area contributed by atoms with Crippen LogP contribution in [0.5, 0.6) is 5.75 Å². The number of nitrogens with zero attached hydrogens (tertiary/aromatic N) is 1. The third-order valence-electron chi connectivity index (χ3n) is 5.11. The number of aromatic carboxylic acids is 1. The number of carbonyl (C=O) groups excluding carboxylic acids is 1. The Balaban J connectivity index is 1.76. The third-order valence-corrected chi connectivity index (χ3v) is 5.35.